The quantitative estimate of drug-likeness (QED) is 0.786. The van der Waals surface area contributed by atoms with Gasteiger partial charge in [0.2, 0.25) is 5.95 Å². The van der Waals surface area contributed by atoms with E-state index < -0.39 is 11.7 Å². The van der Waals surface area contributed by atoms with Crippen LogP contribution >= 0.6 is 0 Å². The van der Waals surface area contributed by atoms with E-state index in [1.54, 1.807) is 0 Å². The first-order chi connectivity index (χ1) is 12.9. The fraction of sp³-hybridized carbons (Fsp3) is 0.368. The molecule has 0 spiro atoms. The van der Waals surface area contributed by atoms with Crippen molar-refractivity contribution in [3.05, 3.63) is 57.0 Å². The largest absolute Gasteiger partial charge is 0.416 e. The number of alkyl halides is 3. The van der Waals surface area contributed by atoms with Crippen LogP contribution in [-0.4, -0.2) is 22.6 Å². The maximum Gasteiger partial charge on any atom is 0.416 e. The highest BCUT2D eigenvalue weighted by atomic mass is 19.4. The minimum Gasteiger partial charge on any atom is -0.355 e. The van der Waals surface area contributed by atoms with Crippen molar-refractivity contribution in [2.75, 3.05) is 18.4 Å². The average molecular weight is 376 g/mol. The van der Waals surface area contributed by atoms with Crippen LogP contribution in [0.5, 0.6) is 0 Å². The minimum atomic E-state index is -4.34. The summed E-state index contributed by atoms with van der Waals surface area (Å²) in [6.07, 6.45) is 2.18. The zero-order chi connectivity index (χ0) is 19.4. The second kappa shape index (κ2) is 7.84. The lowest BCUT2D eigenvalue weighted by atomic mass is 10.1. The Balaban J connectivity index is 1.73. The van der Waals surface area contributed by atoms with Gasteiger partial charge in [-0.3, -0.25) is 9.36 Å². The molecule has 0 unspecified atom stereocenters. The monoisotopic (exact) mass is 376 g/mol. The fourth-order valence-corrected chi connectivity index (χ4v) is 2.99. The molecule has 0 radical (unpaired) electrons. The smallest absolute Gasteiger partial charge is 0.355 e. The molecule has 3 rings (SSSR count). The second-order valence-corrected chi connectivity index (χ2v) is 6.25. The van der Waals surface area contributed by atoms with Crippen molar-refractivity contribution in [2.24, 2.45) is 0 Å². The predicted molar refractivity (Wildman–Crippen MR) is 96.4 cm³/mol. The van der Waals surface area contributed by atoms with Crippen molar-refractivity contribution in [2.45, 2.75) is 32.1 Å². The molecule has 27 heavy (non-hydrogen) atoms. The van der Waals surface area contributed by atoms with Gasteiger partial charge in [-0.15, -0.1) is 6.42 Å². The number of nitrogens with one attached hydrogen (secondary N) is 2. The molecule has 1 aromatic heterocycles. The summed E-state index contributed by atoms with van der Waals surface area (Å²) in [5.41, 5.74) is 1.30. The van der Waals surface area contributed by atoms with Crippen LogP contribution in [0.15, 0.2) is 29.1 Å². The molecule has 1 aliphatic heterocycles. The number of anilines is 1. The number of rotatable bonds is 5. The molecule has 2 N–H and O–H groups in total. The number of halogens is 3. The third-order valence-corrected chi connectivity index (χ3v) is 4.42. The Labute approximate surface area is 154 Å². The first kappa shape index (κ1) is 19.0. The molecule has 0 aliphatic carbocycles. The normalized spacial score (nSPS) is 13.7. The molecule has 0 atom stereocenters. The molecular weight excluding hydrogens is 357 g/mol. The van der Waals surface area contributed by atoms with E-state index in [-0.39, 0.29) is 12.1 Å². The summed E-state index contributed by atoms with van der Waals surface area (Å²) in [5, 5.41) is 6.24. The number of hydrogen-bond donors (Lipinski definition) is 2. The van der Waals surface area contributed by atoms with Gasteiger partial charge in [0.15, 0.2) is 0 Å². The Morgan fingerprint density at radius 2 is 2.04 bits per heavy atom. The summed E-state index contributed by atoms with van der Waals surface area (Å²) >= 11 is 0. The number of fused-ring (bicyclic) bond motifs is 1. The van der Waals surface area contributed by atoms with Crippen LogP contribution in [-0.2, 0) is 32.1 Å². The maximum atomic E-state index is 12.6. The van der Waals surface area contributed by atoms with Crippen molar-refractivity contribution in [3.63, 3.8) is 0 Å². The average Bonchev–Trinajstić information content (AvgIpc) is 2.64. The van der Waals surface area contributed by atoms with Crippen LogP contribution in [0.4, 0.5) is 19.1 Å². The second-order valence-electron chi connectivity index (χ2n) is 6.25. The topological polar surface area (TPSA) is 59.0 Å². The highest BCUT2D eigenvalue weighted by Gasteiger charge is 2.29. The lowest BCUT2D eigenvalue weighted by Gasteiger charge is -2.20. The molecule has 5 nitrogen and oxygen atoms in total. The number of aromatic nitrogens is 2. The molecule has 0 fully saturated rings. The first-order valence-electron chi connectivity index (χ1n) is 8.57. The van der Waals surface area contributed by atoms with Crippen LogP contribution < -0.4 is 16.2 Å². The molecule has 0 bridgehead atoms. The van der Waals surface area contributed by atoms with Gasteiger partial charge in [0, 0.05) is 26.1 Å². The molecular formula is C19H19F3N4O. The Morgan fingerprint density at radius 1 is 1.30 bits per heavy atom. The van der Waals surface area contributed by atoms with E-state index in [0.29, 0.717) is 37.4 Å². The van der Waals surface area contributed by atoms with Crippen LogP contribution in [0.1, 0.15) is 22.4 Å². The van der Waals surface area contributed by atoms with Crippen LogP contribution in [0.25, 0.3) is 0 Å². The number of nitrogens with zero attached hydrogens (tertiary/aromatic N) is 2. The van der Waals surface area contributed by atoms with E-state index in [9.17, 15) is 18.0 Å². The Kier molecular flexibility index (Phi) is 5.51. The van der Waals surface area contributed by atoms with E-state index in [0.717, 1.165) is 29.9 Å². The third kappa shape index (κ3) is 4.31. The number of hydrogen-bond acceptors (Lipinski definition) is 4. The van der Waals surface area contributed by atoms with Gasteiger partial charge >= 0.3 is 6.18 Å². The SMILES string of the molecule is C#CCn1c(NCCc2ccc(C(F)(F)F)cc2)nc2c(c1=O)CNCC2. The lowest BCUT2D eigenvalue weighted by molar-refractivity contribution is -0.137. The van der Waals surface area contributed by atoms with Gasteiger partial charge in [0.1, 0.15) is 0 Å². The summed E-state index contributed by atoms with van der Waals surface area (Å²) in [6, 6.07) is 5.03. The van der Waals surface area contributed by atoms with Crippen molar-refractivity contribution < 1.29 is 13.2 Å². The molecule has 142 valence electrons. The van der Waals surface area contributed by atoms with Gasteiger partial charge in [-0.1, -0.05) is 18.1 Å². The van der Waals surface area contributed by atoms with Crippen LogP contribution in [0, 0.1) is 12.3 Å². The molecule has 2 heterocycles. The predicted octanol–water partition coefficient (Wildman–Crippen LogP) is 2.20. The van der Waals surface area contributed by atoms with Gasteiger partial charge in [0.05, 0.1) is 23.4 Å². The molecule has 8 heteroatoms. The van der Waals surface area contributed by atoms with Crippen molar-refractivity contribution in [1.29, 1.82) is 0 Å². The van der Waals surface area contributed by atoms with Crippen molar-refractivity contribution in [3.8, 4) is 12.3 Å². The van der Waals surface area contributed by atoms with Gasteiger partial charge in [-0.05, 0) is 24.1 Å². The van der Waals surface area contributed by atoms with E-state index in [1.165, 1.54) is 16.7 Å². The van der Waals surface area contributed by atoms with E-state index in [1.807, 2.05) is 0 Å². The first-order valence-corrected chi connectivity index (χ1v) is 8.57. The van der Waals surface area contributed by atoms with Gasteiger partial charge in [0.25, 0.3) is 5.56 Å². The van der Waals surface area contributed by atoms with Crippen LogP contribution in [0.2, 0.25) is 0 Å². The molecule has 0 amide bonds. The van der Waals surface area contributed by atoms with Gasteiger partial charge in [-0.25, -0.2) is 4.98 Å². The van der Waals surface area contributed by atoms with Crippen LogP contribution in [0.3, 0.4) is 0 Å². The molecule has 0 saturated carbocycles. The Morgan fingerprint density at radius 3 is 2.70 bits per heavy atom. The Bertz CT molecular complexity index is 911. The van der Waals surface area contributed by atoms with Crippen molar-refractivity contribution in [1.82, 2.24) is 14.9 Å². The fourth-order valence-electron chi connectivity index (χ4n) is 2.99. The standard InChI is InChI=1S/C19H19F3N4O/c1-2-11-26-17(27)15-12-23-9-8-16(15)25-18(26)24-10-7-13-3-5-14(6-4-13)19(20,21)22/h1,3-6,23H,7-12H2,(H,24,25). The van der Waals surface area contributed by atoms with Gasteiger partial charge < -0.3 is 10.6 Å². The summed E-state index contributed by atoms with van der Waals surface area (Å²) in [5.74, 6) is 2.85. The highest BCUT2D eigenvalue weighted by Crippen LogP contribution is 2.29. The summed E-state index contributed by atoms with van der Waals surface area (Å²) in [7, 11) is 0. The molecule has 1 aliphatic rings. The van der Waals surface area contributed by atoms with Gasteiger partial charge in [-0.2, -0.15) is 13.2 Å². The van der Waals surface area contributed by atoms with E-state index in [2.05, 4.69) is 21.5 Å². The zero-order valence-electron chi connectivity index (χ0n) is 14.6. The number of benzene rings is 1. The van der Waals surface area contributed by atoms with E-state index >= 15 is 0 Å². The maximum absolute atomic E-state index is 12.6. The zero-order valence-corrected chi connectivity index (χ0v) is 14.6. The molecule has 0 saturated heterocycles. The summed E-state index contributed by atoms with van der Waals surface area (Å²) < 4.78 is 39.3. The van der Waals surface area contributed by atoms with Crippen molar-refractivity contribution >= 4 is 5.95 Å². The lowest BCUT2D eigenvalue weighted by Crippen LogP contribution is -2.36. The molecule has 1 aromatic carbocycles. The molecule has 2 aromatic rings. The summed E-state index contributed by atoms with van der Waals surface area (Å²) in [6.45, 7) is 1.74. The number of terminal acetylenes is 1. The summed E-state index contributed by atoms with van der Waals surface area (Å²) in [4.78, 5) is 17.2. The highest BCUT2D eigenvalue weighted by molar-refractivity contribution is 5.34. The minimum absolute atomic E-state index is 0.0989. The van der Waals surface area contributed by atoms with E-state index in [4.69, 9.17) is 6.42 Å². The Hall–Kier alpha value is -2.79. The third-order valence-electron chi connectivity index (χ3n) is 4.42.